The number of hydrogen-bond acceptors (Lipinski definition) is 5. The van der Waals surface area contributed by atoms with E-state index in [1.807, 2.05) is 0 Å². The van der Waals surface area contributed by atoms with E-state index in [4.69, 9.17) is 15.3 Å². The van der Waals surface area contributed by atoms with E-state index < -0.39 is 30.6 Å². The molecule has 0 aliphatic carbocycles. The largest absolute Gasteiger partial charge is 0.457 e. The lowest BCUT2D eigenvalue weighted by Crippen LogP contribution is -2.42. The van der Waals surface area contributed by atoms with Gasteiger partial charge in [0.15, 0.2) is 11.9 Å². The summed E-state index contributed by atoms with van der Waals surface area (Å²) in [5, 5.41) is 10.2. The highest BCUT2D eigenvalue weighted by atomic mass is 19.4. The normalized spacial score (nSPS) is 12.8. The predicted octanol–water partition coefficient (Wildman–Crippen LogP) is 5.80. The molecule has 0 heterocycles. The minimum atomic E-state index is -4.98. The van der Waals surface area contributed by atoms with Gasteiger partial charge in [-0.1, -0.05) is 12.1 Å². The number of nitrogens with zero attached hydrogens (tertiary/aromatic N) is 1. The summed E-state index contributed by atoms with van der Waals surface area (Å²) < 4.78 is 83.5. The standard InChI is InChI=1S/C22H18F6N2O3/c23-21(24,25)14-3-1-6-19(11-14)33-30(13-20(31)22(26,27)28)16-4-2-5-18(12-16)32-17-9-7-15(29)8-10-17/h1-12,20,31H,13,29H2/t20-/m0/s1. The van der Waals surface area contributed by atoms with Crippen LogP contribution >= 0.6 is 0 Å². The second kappa shape index (κ2) is 9.49. The Labute approximate surface area is 184 Å². The van der Waals surface area contributed by atoms with E-state index in [0.717, 1.165) is 18.2 Å². The highest BCUT2D eigenvalue weighted by Gasteiger charge is 2.40. The number of ether oxygens (including phenoxy) is 1. The number of aliphatic hydroxyl groups excluding tert-OH is 1. The Hall–Kier alpha value is -3.60. The number of nitrogens with two attached hydrogens (primary N) is 1. The smallest absolute Gasteiger partial charge is 0.416 e. The van der Waals surface area contributed by atoms with Crippen LogP contribution in [-0.2, 0) is 6.18 Å². The number of hydroxylamine groups is 1. The van der Waals surface area contributed by atoms with E-state index in [0.29, 0.717) is 22.6 Å². The van der Waals surface area contributed by atoms with Crippen molar-refractivity contribution in [2.75, 3.05) is 17.3 Å². The van der Waals surface area contributed by atoms with Crippen LogP contribution in [0.2, 0.25) is 0 Å². The topological polar surface area (TPSA) is 68.0 Å². The third-order valence-electron chi connectivity index (χ3n) is 4.31. The van der Waals surface area contributed by atoms with Gasteiger partial charge in [-0.15, -0.1) is 0 Å². The zero-order valence-electron chi connectivity index (χ0n) is 16.8. The van der Waals surface area contributed by atoms with Crippen molar-refractivity contribution in [2.24, 2.45) is 0 Å². The summed E-state index contributed by atoms with van der Waals surface area (Å²) in [5.74, 6) is 0.225. The van der Waals surface area contributed by atoms with Crippen molar-refractivity contribution < 1.29 is 41.0 Å². The molecule has 11 heteroatoms. The molecule has 0 fully saturated rings. The van der Waals surface area contributed by atoms with Gasteiger partial charge in [-0.2, -0.15) is 26.3 Å². The summed E-state index contributed by atoms with van der Waals surface area (Å²) in [6, 6.07) is 15.6. The van der Waals surface area contributed by atoms with E-state index in [1.165, 1.54) is 24.3 Å². The molecule has 0 unspecified atom stereocenters. The first kappa shape index (κ1) is 24.1. The van der Waals surface area contributed by atoms with Gasteiger partial charge in [0.25, 0.3) is 0 Å². The zero-order chi connectivity index (χ0) is 24.2. The maximum absolute atomic E-state index is 13.0. The molecule has 3 rings (SSSR count). The summed E-state index contributed by atoms with van der Waals surface area (Å²) in [4.78, 5) is 5.32. The predicted molar refractivity (Wildman–Crippen MR) is 109 cm³/mol. The molecule has 0 bridgehead atoms. The van der Waals surface area contributed by atoms with Crippen LogP contribution in [0.4, 0.5) is 37.7 Å². The van der Waals surface area contributed by atoms with E-state index in [1.54, 1.807) is 24.3 Å². The van der Waals surface area contributed by atoms with Crippen LogP contribution in [0.5, 0.6) is 17.2 Å². The van der Waals surface area contributed by atoms with E-state index in [-0.39, 0.29) is 17.2 Å². The van der Waals surface area contributed by atoms with Crippen LogP contribution in [0.3, 0.4) is 0 Å². The van der Waals surface area contributed by atoms with E-state index in [2.05, 4.69) is 0 Å². The lowest BCUT2D eigenvalue weighted by molar-refractivity contribution is -0.202. The Morgan fingerprint density at radius 2 is 1.45 bits per heavy atom. The lowest BCUT2D eigenvalue weighted by atomic mass is 10.2. The average Bonchev–Trinajstić information content (AvgIpc) is 2.74. The number of rotatable bonds is 7. The molecule has 3 N–H and O–H groups in total. The molecule has 0 amide bonds. The molecule has 176 valence electrons. The number of benzene rings is 3. The van der Waals surface area contributed by atoms with Crippen LogP contribution in [-0.4, -0.2) is 23.9 Å². The Morgan fingerprint density at radius 3 is 2.09 bits per heavy atom. The minimum Gasteiger partial charge on any atom is -0.457 e. The van der Waals surface area contributed by atoms with Gasteiger partial charge in [0.2, 0.25) is 0 Å². The van der Waals surface area contributed by atoms with Crippen LogP contribution in [0, 0.1) is 0 Å². The van der Waals surface area contributed by atoms with Crippen molar-refractivity contribution in [3.63, 3.8) is 0 Å². The molecule has 0 aliphatic heterocycles. The highest BCUT2D eigenvalue weighted by Crippen LogP contribution is 2.33. The SMILES string of the molecule is Nc1ccc(Oc2cccc(N(C[C@H](O)C(F)(F)F)Oc3cccc(C(F)(F)F)c3)c2)cc1. The van der Waals surface area contributed by atoms with Crippen molar-refractivity contribution in [3.05, 3.63) is 78.4 Å². The van der Waals surface area contributed by atoms with Crippen LogP contribution in [0.25, 0.3) is 0 Å². The van der Waals surface area contributed by atoms with Gasteiger partial charge in [0, 0.05) is 11.8 Å². The molecule has 3 aromatic carbocycles. The molecule has 0 aliphatic rings. The second-order valence-corrected chi connectivity index (χ2v) is 6.90. The Kier molecular flexibility index (Phi) is 6.92. The van der Waals surface area contributed by atoms with Gasteiger partial charge in [-0.25, -0.2) is 5.06 Å². The Morgan fingerprint density at radius 1 is 0.818 bits per heavy atom. The second-order valence-electron chi connectivity index (χ2n) is 6.90. The summed E-state index contributed by atoms with van der Waals surface area (Å²) in [5.41, 5.74) is 5.07. The first-order chi connectivity index (χ1) is 15.4. The molecular formula is C22H18F6N2O3. The van der Waals surface area contributed by atoms with Crippen LogP contribution in [0.1, 0.15) is 5.56 Å². The fourth-order valence-electron chi connectivity index (χ4n) is 2.69. The Balaban J connectivity index is 1.90. The van der Waals surface area contributed by atoms with Crippen molar-refractivity contribution in [3.8, 4) is 17.2 Å². The number of aliphatic hydroxyl groups is 1. The molecule has 5 nitrogen and oxygen atoms in total. The number of nitrogen functional groups attached to an aromatic ring is 1. The van der Waals surface area contributed by atoms with Crippen molar-refractivity contribution in [2.45, 2.75) is 18.5 Å². The first-order valence-electron chi connectivity index (χ1n) is 9.43. The highest BCUT2D eigenvalue weighted by molar-refractivity contribution is 5.51. The third-order valence-corrected chi connectivity index (χ3v) is 4.31. The van der Waals surface area contributed by atoms with Gasteiger partial charge in [0.1, 0.15) is 11.5 Å². The number of hydrogen-bond donors (Lipinski definition) is 2. The van der Waals surface area contributed by atoms with Gasteiger partial charge < -0.3 is 20.4 Å². The molecule has 0 radical (unpaired) electrons. The maximum atomic E-state index is 13.0. The molecule has 0 spiro atoms. The zero-order valence-corrected chi connectivity index (χ0v) is 16.8. The lowest BCUT2D eigenvalue weighted by Gasteiger charge is -2.28. The fraction of sp³-hybridized carbons (Fsp3) is 0.182. The minimum absolute atomic E-state index is 0.00339. The molecule has 3 aromatic rings. The quantitative estimate of drug-likeness (QED) is 0.258. The van der Waals surface area contributed by atoms with Gasteiger partial charge >= 0.3 is 12.4 Å². The summed E-state index contributed by atoms with van der Waals surface area (Å²) in [6.45, 7) is -1.11. The van der Waals surface area contributed by atoms with Crippen LogP contribution in [0.15, 0.2) is 72.8 Å². The van der Waals surface area contributed by atoms with Crippen molar-refractivity contribution >= 4 is 11.4 Å². The molecule has 0 aromatic heterocycles. The molecule has 0 saturated heterocycles. The van der Waals surface area contributed by atoms with E-state index >= 15 is 0 Å². The molecular weight excluding hydrogens is 454 g/mol. The Bertz CT molecular complexity index is 1070. The third kappa shape index (κ3) is 6.69. The monoisotopic (exact) mass is 472 g/mol. The van der Waals surface area contributed by atoms with Crippen molar-refractivity contribution in [1.29, 1.82) is 0 Å². The van der Waals surface area contributed by atoms with Crippen molar-refractivity contribution in [1.82, 2.24) is 0 Å². The first-order valence-corrected chi connectivity index (χ1v) is 9.43. The fourth-order valence-corrected chi connectivity index (χ4v) is 2.69. The van der Waals surface area contributed by atoms with Crippen LogP contribution < -0.4 is 20.4 Å². The number of anilines is 2. The molecule has 1 atom stereocenters. The average molecular weight is 472 g/mol. The van der Waals surface area contributed by atoms with E-state index in [9.17, 15) is 31.4 Å². The summed E-state index contributed by atoms with van der Waals surface area (Å²) in [7, 11) is 0. The summed E-state index contributed by atoms with van der Waals surface area (Å²) in [6.07, 6.45) is -12.5. The molecule has 33 heavy (non-hydrogen) atoms. The van der Waals surface area contributed by atoms with Gasteiger partial charge in [0.05, 0.1) is 17.8 Å². The molecule has 0 saturated carbocycles. The summed E-state index contributed by atoms with van der Waals surface area (Å²) >= 11 is 0. The van der Waals surface area contributed by atoms with Gasteiger partial charge in [-0.3, -0.25) is 0 Å². The number of halogens is 6. The number of alkyl halides is 6. The van der Waals surface area contributed by atoms with Gasteiger partial charge in [-0.05, 0) is 54.6 Å². The maximum Gasteiger partial charge on any atom is 0.416 e.